The second-order valence-corrected chi connectivity index (χ2v) is 9.37. The van der Waals surface area contributed by atoms with Crippen LogP contribution in [-0.4, -0.2) is 53.0 Å². The molecule has 0 bridgehead atoms. The lowest BCUT2D eigenvalue weighted by atomic mass is 9.98. The Hall–Kier alpha value is -2.98. The molecular weight excluding hydrogens is 464 g/mol. The summed E-state index contributed by atoms with van der Waals surface area (Å²) in [6.45, 7) is 1.68. The minimum absolute atomic E-state index is 0.0170. The van der Waals surface area contributed by atoms with Crippen LogP contribution >= 0.6 is 22.9 Å². The summed E-state index contributed by atoms with van der Waals surface area (Å²) in [5, 5.41) is 6.88. The molecular formula is C22H25ClN6O3S. The molecule has 9 nitrogen and oxygen atoms in total. The van der Waals surface area contributed by atoms with Gasteiger partial charge in [0.1, 0.15) is 17.6 Å². The number of benzene rings is 1. The maximum atomic E-state index is 12.9. The highest BCUT2D eigenvalue weighted by Gasteiger charge is 2.27. The van der Waals surface area contributed by atoms with Crippen LogP contribution in [0.15, 0.2) is 35.4 Å². The Balaban J connectivity index is 1.40. The third kappa shape index (κ3) is 5.51. The van der Waals surface area contributed by atoms with Crippen molar-refractivity contribution in [2.45, 2.75) is 25.8 Å². The van der Waals surface area contributed by atoms with Crippen molar-refractivity contribution >= 4 is 50.2 Å². The topological polar surface area (TPSA) is 109 Å². The molecule has 0 radical (unpaired) electrons. The molecule has 1 aliphatic heterocycles. The average molecular weight is 489 g/mol. The Morgan fingerprint density at radius 1 is 1.27 bits per heavy atom. The number of nitrogens with zero attached hydrogens (tertiary/aromatic N) is 4. The van der Waals surface area contributed by atoms with E-state index in [9.17, 15) is 14.4 Å². The Labute approximate surface area is 199 Å². The molecule has 1 unspecified atom stereocenters. The molecule has 0 spiro atoms. The van der Waals surface area contributed by atoms with Crippen molar-refractivity contribution in [3.05, 3.63) is 51.5 Å². The van der Waals surface area contributed by atoms with Crippen LogP contribution in [0, 0.1) is 5.92 Å². The van der Waals surface area contributed by atoms with Gasteiger partial charge in [-0.25, -0.2) is 4.98 Å². The molecule has 1 atom stereocenters. The number of halogens is 1. The highest BCUT2D eigenvalue weighted by Crippen LogP contribution is 2.29. The highest BCUT2D eigenvalue weighted by molar-refractivity contribution is 7.22. The first-order valence-electron chi connectivity index (χ1n) is 10.8. The summed E-state index contributed by atoms with van der Waals surface area (Å²) in [6, 6.07) is 7.45. The van der Waals surface area contributed by atoms with E-state index in [-0.39, 0.29) is 29.8 Å². The lowest BCUT2D eigenvalue weighted by molar-refractivity contribution is -0.124. The van der Waals surface area contributed by atoms with E-state index in [1.165, 1.54) is 22.2 Å². The monoisotopic (exact) mass is 488 g/mol. The smallest absolute Gasteiger partial charge is 0.273 e. The van der Waals surface area contributed by atoms with Gasteiger partial charge in [-0.3, -0.25) is 19.0 Å². The van der Waals surface area contributed by atoms with Gasteiger partial charge in [-0.1, -0.05) is 35.1 Å². The molecule has 11 heteroatoms. The summed E-state index contributed by atoms with van der Waals surface area (Å²) in [5.41, 5.74) is 1.13. The summed E-state index contributed by atoms with van der Waals surface area (Å²) in [4.78, 5) is 48.1. The molecule has 1 aromatic carbocycles. The zero-order chi connectivity index (χ0) is 23.4. The molecule has 0 aliphatic carbocycles. The Morgan fingerprint density at radius 2 is 2.06 bits per heavy atom. The maximum absolute atomic E-state index is 12.9. The molecule has 0 saturated carbocycles. The van der Waals surface area contributed by atoms with Crippen LogP contribution in [0.25, 0.3) is 10.3 Å². The molecule has 1 fully saturated rings. The number of hydrogen-bond acceptors (Lipinski definition) is 7. The summed E-state index contributed by atoms with van der Waals surface area (Å²) in [5.74, 6) is -0.346. The summed E-state index contributed by atoms with van der Waals surface area (Å²) in [6.07, 6.45) is 3.73. The molecule has 3 aromatic rings. The number of carbonyl (C=O) groups excluding carboxylic acids is 2. The van der Waals surface area contributed by atoms with Crippen LogP contribution in [0.4, 0.5) is 5.13 Å². The van der Waals surface area contributed by atoms with E-state index < -0.39 is 0 Å². The highest BCUT2D eigenvalue weighted by atomic mass is 35.5. The van der Waals surface area contributed by atoms with E-state index in [0.29, 0.717) is 40.0 Å². The summed E-state index contributed by atoms with van der Waals surface area (Å²) < 4.78 is 1.70. The van der Waals surface area contributed by atoms with Crippen LogP contribution in [0.3, 0.4) is 0 Å². The normalized spacial score (nSPS) is 16.1. The number of hydrogen-bond donors (Lipinski definition) is 2. The van der Waals surface area contributed by atoms with Crippen molar-refractivity contribution in [2.24, 2.45) is 5.92 Å². The fourth-order valence-corrected chi connectivity index (χ4v) is 4.99. The zero-order valence-corrected chi connectivity index (χ0v) is 19.8. The predicted octanol–water partition coefficient (Wildman–Crippen LogP) is 1.83. The molecule has 1 aliphatic rings. The van der Waals surface area contributed by atoms with Crippen LogP contribution in [0.1, 0.15) is 18.4 Å². The molecule has 4 rings (SSSR count). The predicted molar refractivity (Wildman–Crippen MR) is 129 cm³/mol. The molecule has 1 saturated heterocycles. The van der Waals surface area contributed by atoms with E-state index in [4.69, 9.17) is 11.6 Å². The quantitative estimate of drug-likeness (QED) is 0.525. The molecule has 3 heterocycles. The second kappa shape index (κ2) is 10.3. The maximum Gasteiger partial charge on any atom is 0.273 e. The van der Waals surface area contributed by atoms with Crippen molar-refractivity contribution in [3.8, 4) is 0 Å². The third-order valence-electron chi connectivity index (χ3n) is 5.64. The van der Waals surface area contributed by atoms with Gasteiger partial charge in [-0.15, -0.1) is 0 Å². The van der Waals surface area contributed by atoms with Gasteiger partial charge < -0.3 is 15.5 Å². The van der Waals surface area contributed by atoms with Crippen molar-refractivity contribution < 1.29 is 9.59 Å². The fourth-order valence-electron chi connectivity index (χ4n) is 3.86. The second-order valence-electron chi connectivity index (χ2n) is 7.95. The van der Waals surface area contributed by atoms with E-state index in [2.05, 4.69) is 20.6 Å². The number of anilines is 1. The van der Waals surface area contributed by atoms with Gasteiger partial charge in [0.15, 0.2) is 10.8 Å². The van der Waals surface area contributed by atoms with E-state index in [1.807, 2.05) is 29.2 Å². The first-order valence-corrected chi connectivity index (χ1v) is 12.0. The minimum Gasteiger partial charge on any atom is -0.359 e. The molecule has 33 heavy (non-hydrogen) atoms. The van der Waals surface area contributed by atoms with Crippen molar-refractivity contribution in [3.63, 3.8) is 0 Å². The Bertz CT molecular complexity index is 1210. The standard InChI is InChI=1S/C22H25ClN6O3S/c1-24-20(31)15-3-2-10-28(11-15)22-27-19-18(33-22)21(32)29(13-26-19)12-17(30)25-9-8-14-4-6-16(23)7-5-14/h4-7,13,15H,2-3,8-12H2,1H3,(H,24,31)(H,25,30). The van der Waals surface area contributed by atoms with Gasteiger partial charge in [0.2, 0.25) is 11.8 Å². The van der Waals surface area contributed by atoms with Gasteiger partial charge in [0, 0.05) is 31.7 Å². The number of piperidine rings is 1. The zero-order valence-electron chi connectivity index (χ0n) is 18.2. The Kier molecular flexibility index (Phi) is 7.24. The largest absolute Gasteiger partial charge is 0.359 e. The first-order chi connectivity index (χ1) is 15.9. The summed E-state index contributed by atoms with van der Waals surface area (Å²) in [7, 11) is 1.64. The van der Waals surface area contributed by atoms with Gasteiger partial charge >= 0.3 is 0 Å². The summed E-state index contributed by atoms with van der Waals surface area (Å²) >= 11 is 7.14. The number of rotatable bonds is 7. The van der Waals surface area contributed by atoms with Crippen LogP contribution in [0.2, 0.25) is 5.02 Å². The van der Waals surface area contributed by atoms with Crippen molar-refractivity contribution in [1.29, 1.82) is 0 Å². The van der Waals surface area contributed by atoms with Crippen molar-refractivity contribution in [2.75, 3.05) is 31.6 Å². The molecule has 2 aromatic heterocycles. The SMILES string of the molecule is CNC(=O)C1CCCN(c2nc3ncn(CC(=O)NCCc4ccc(Cl)cc4)c(=O)c3s2)C1. The average Bonchev–Trinajstić information content (AvgIpc) is 3.27. The molecule has 2 amide bonds. The number of amides is 2. The van der Waals surface area contributed by atoms with Gasteiger partial charge in [0.05, 0.1) is 5.92 Å². The number of thiazole rings is 1. The van der Waals surface area contributed by atoms with Crippen LogP contribution < -0.4 is 21.1 Å². The van der Waals surface area contributed by atoms with Crippen LogP contribution in [0.5, 0.6) is 0 Å². The first kappa shape index (κ1) is 23.2. The Morgan fingerprint density at radius 3 is 2.82 bits per heavy atom. The number of aromatic nitrogens is 3. The van der Waals surface area contributed by atoms with Gasteiger partial charge in [0.25, 0.3) is 5.56 Å². The van der Waals surface area contributed by atoms with Crippen LogP contribution in [-0.2, 0) is 22.6 Å². The van der Waals surface area contributed by atoms with E-state index >= 15 is 0 Å². The van der Waals surface area contributed by atoms with E-state index in [1.54, 1.807) is 7.05 Å². The van der Waals surface area contributed by atoms with Crippen molar-refractivity contribution in [1.82, 2.24) is 25.2 Å². The van der Waals surface area contributed by atoms with Gasteiger partial charge in [-0.2, -0.15) is 4.98 Å². The van der Waals surface area contributed by atoms with Gasteiger partial charge in [-0.05, 0) is 37.0 Å². The minimum atomic E-state index is -0.295. The van der Waals surface area contributed by atoms with E-state index in [0.717, 1.165) is 24.9 Å². The fraction of sp³-hybridized carbons (Fsp3) is 0.409. The number of fused-ring (bicyclic) bond motifs is 1. The molecule has 174 valence electrons. The third-order valence-corrected chi connectivity index (χ3v) is 6.99. The lowest BCUT2D eigenvalue weighted by Crippen LogP contribution is -2.42. The molecule has 2 N–H and O–H groups in total. The number of nitrogens with one attached hydrogen (secondary N) is 2. The number of carbonyl (C=O) groups is 2. The lowest BCUT2D eigenvalue weighted by Gasteiger charge is -2.31.